The first-order chi connectivity index (χ1) is 6.80. The summed E-state index contributed by atoms with van der Waals surface area (Å²) in [5.74, 6) is 0. The molecule has 1 heterocycles. The van der Waals surface area contributed by atoms with E-state index < -0.39 is 25.7 Å². The first-order valence-electron chi connectivity index (χ1n) is 3.62. The Bertz CT molecular complexity index is 435. The summed E-state index contributed by atoms with van der Waals surface area (Å²) >= 11 is 4.48. The SMILES string of the molecule is O=S(=O)(c1ccccn1)C(F)(F)C(F)Cl. The quantitative estimate of drug-likeness (QED) is 0.780. The Kier molecular flexibility index (Phi) is 3.25. The zero-order valence-corrected chi connectivity index (χ0v) is 8.64. The second kappa shape index (κ2) is 3.97. The highest BCUT2D eigenvalue weighted by Gasteiger charge is 2.53. The van der Waals surface area contributed by atoms with Gasteiger partial charge in [0, 0.05) is 6.20 Å². The summed E-state index contributed by atoms with van der Waals surface area (Å²) in [5.41, 5.74) is -3.32. The Morgan fingerprint density at radius 3 is 2.40 bits per heavy atom. The first-order valence-corrected chi connectivity index (χ1v) is 5.53. The fourth-order valence-corrected chi connectivity index (χ4v) is 2.09. The maximum Gasteiger partial charge on any atom is 0.395 e. The van der Waals surface area contributed by atoms with E-state index >= 15 is 0 Å². The number of pyridine rings is 1. The number of rotatable bonds is 3. The van der Waals surface area contributed by atoms with Crippen LogP contribution in [0, 0.1) is 0 Å². The maximum absolute atomic E-state index is 12.9. The molecule has 0 fully saturated rings. The summed E-state index contributed by atoms with van der Waals surface area (Å²) in [6, 6.07) is 3.37. The third-order valence-electron chi connectivity index (χ3n) is 1.53. The van der Waals surface area contributed by atoms with Crippen LogP contribution in [0.4, 0.5) is 13.2 Å². The van der Waals surface area contributed by atoms with Crippen molar-refractivity contribution in [3.8, 4) is 0 Å². The normalized spacial score (nSPS) is 14.9. The average molecular weight is 260 g/mol. The van der Waals surface area contributed by atoms with Gasteiger partial charge in [-0.15, -0.1) is 0 Å². The predicted molar refractivity (Wildman–Crippen MR) is 47.1 cm³/mol. The number of hydrogen-bond donors (Lipinski definition) is 0. The molecule has 0 aliphatic carbocycles. The monoisotopic (exact) mass is 259 g/mol. The van der Waals surface area contributed by atoms with Crippen molar-refractivity contribution in [2.45, 2.75) is 15.9 Å². The lowest BCUT2D eigenvalue weighted by Crippen LogP contribution is -2.36. The summed E-state index contributed by atoms with van der Waals surface area (Å²) in [4.78, 5) is 3.21. The van der Waals surface area contributed by atoms with Gasteiger partial charge in [0.15, 0.2) is 5.03 Å². The Morgan fingerprint density at radius 1 is 1.40 bits per heavy atom. The molecule has 0 aliphatic heterocycles. The highest BCUT2D eigenvalue weighted by atomic mass is 35.5. The molecule has 1 aromatic heterocycles. The van der Waals surface area contributed by atoms with Crippen molar-refractivity contribution < 1.29 is 21.6 Å². The minimum Gasteiger partial charge on any atom is -0.245 e. The number of aromatic nitrogens is 1. The van der Waals surface area contributed by atoms with E-state index in [1.165, 1.54) is 12.1 Å². The molecule has 1 atom stereocenters. The lowest BCUT2D eigenvalue weighted by Gasteiger charge is -2.15. The van der Waals surface area contributed by atoms with Crippen molar-refractivity contribution in [2.75, 3.05) is 0 Å². The summed E-state index contributed by atoms with van der Waals surface area (Å²) < 4.78 is 60.3. The zero-order chi connectivity index (χ0) is 11.7. The van der Waals surface area contributed by atoms with Crippen molar-refractivity contribution in [1.82, 2.24) is 4.98 Å². The Morgan fingerprint density at radius 2 is 2.00 bits per heavy atom. The minimum absolute atomic E-state index is 0.836. The van der Waals surface area contributed by atoms with Crippen LogP contribution in [-0.4, -0.2) is 24.3 Å². The van der Waals surface area contributed by atoms with E-state index in [9.17, 15) is 21.6 Å². The van der Waals surface area contributed by atoms with E-state index in [0.717, 1.165) is 12.3 Å². The largest absolute Gasteiger partial charge is 0.395 e. The summed E-state index contributed by atoms with van der Waals surface area (Å²) in [6.07, 6.45) is 1.00. The number of halogens is 4. The molecule has 84 valence electrons. The van der Waals surface area contributed by atoms with Crippen LogP contribution in [0.25, 0.3) is 0 Å². The molecule has 0 radical (unpaired) electrons. The van der Waals surface area contributed by atoms with E-state index in [1.807, 2.05) is 0 Å². The summed E-state index contributed by atoms with van der Waals surface area (Å²) in [5, 5.41) is -5.61. The molecular formula is C7H5ClF3NO2S. The van der Waals surface area contributed by atoms with Gasteiger partial charge in [-0.25, -0.2) is 17.8 Å². The van der Waals surface area contributed by atoms with Crippen molar-refractivity contribution in [1.29, 1.82) is 0 Å². The molecular weight excluding hydrogens is 255 g/mol. The van der Waals surface area contributed by atoms with Crippen LogP contribution < -0.4 is 0 Å². The molecule has 0 saturated heterocycles. The van der Waals surface area contributed by atoms with Gasteiger partial charge >= 0.3 is 5.25 Å². The molecule has 8 heteroatoms. The van der Waals surface area contributed by atoms with Gasteiger partial charge in [0.05, 0.1) is 0 Å². The molecule has 0 saturated carbocycles. The molecule has 0 aliphatic rings. The molecule has 3 nitrogen and oxygen atoms in total. The predicted octanol–water partition coefficient (Wildman–Crippen LogP) is 1.98. The van der Waals surface area contributed by atoms with Crippen molar-refractivity contribution in [3.05, 3.63) is 24.4 Å². The second-order valence-corrected chi connectivity index (χ2v) is 4.89. The molecule has 1 rings (SSSR count). The van der Waals surface area contributed by atoms with Gasteiger partial charge in [-0.1, -0.05) is 17.7 Å². The fourth-order valence-electron chi connectivity index (χ4n) is 0.763. The molecule has 0 N–H and O–H groups in total. The molecule has 15 heavy (non-hydrogen) atoms. The van der Waals surface area contributed by atoms with E-state index in [1.54, 1.807) is 0 Å². The van der Waals surface area contributed by atoms with Gasteiger partial charge in [0.2, 0.25) is 0 Å². The molecule has 0 amide bonds. The van der Waals surface area contributed by atoms with Crippen LogP contribution in [0.1, 0.15) is 0 Å². The third-order valence-corrected chi connectivity index (χ3v) is 3.64. The summed E-state index contributed by atoms with van der Waals surface area (Å²) in [6.45, 7) is 0. The number of hydrogen-bond acceptors (Lipinski definition) is 3. The van der Waals surface area contributed by atoms with Gasteiger partial charge in [-0.3, -0.25) is 0 Å². The van der Waals surface area contributed by atoms with E-state index in [-0.39, 0.29) is 0 Å². The van der Waals surface area contributed by atoms with Crippen LogP contribution in [0.5, 0.6) is 0 Å². The zero-order valence-electron chi connectivity index (χ0n) is 7.07. The third kappa shape index (κ3) is 2.07. The Hall–Kier alpha value is -0.820. The van der Waals surface area contributed by atoms with Crippen molar-refractivity contribution >= 4 is 21.4 Å². The lowest BCUT2D eigenvalue weighted by atomic mass is 10.5. The molecule has 1 unspecified atom stereocenters. The van der Waals surface area contributed by atoms with E-state index in [0.29, 0.717) is 0 Å². The Balaban J connectivity index is 3.27. The van der Waals surface area contributed by atoms with Gasteiger partial charge in [-0.2, -0.15) is 8.78 Å². The van der Waals surface area contributed by atoms with Gasteiger partial charge in [0.1, 0.15) is 0 Å². The summed E-state index contributed by atoms with van der Waals surface area (Å²) in [7, 11) is -5.19. The molecule has 0 bridgehead atoms. The fraction of sp³-hybridized carbons (Fsp3) is 0.286. The van der Waals surface area contributed by atoms with Crippen LogP contribution >= 0.6 is 11.6 Å². The standard InChI is InChI=1S/C7H5ClF3NO2S/c8-6(9)7(10,11)15(13,14)5-3-1-2-4-12-5/h1-4,6H. The highest BCUT2D eigenvalue weighted by Crippen LogP contribution is 2.34. The van der Waals surface area contributed by atoms with Crippen LogP contribution in [0.15, 0.2) is 29.4 Å². The highest BCUT2D eigenvalue weighted by molar-refractivity contribution is 7.92. The van der Waals surface area contributed by atoms with Crippen LogP contribution in [-0.2, 0) is 9.84 Å². The molecule has 0 aromatic carbocycles. The van der Waals surface area contributed by atoms with Gasteiger partial charge in [0.25, 0.3) is 15.5 Å². The van der Waals surface area contributed by atoms with E-state index in [2.05, 4.69) is 16.6 Å². The average Bonchev–Trinajstić information content (AvgIpc) is 2.18. The van der Waals surface area contributed by atoms with Gasteiger partial charge < -0.3 is 0 Å². The second-order valence-electron chi connectivity index (χ2n) is 2.53. The first kappa shape index (κ1) is 12.3. The van der Waals surface area contributed by atoms with Gasteiger partial charge in [-0.05, 0) is 12.1 Å². The van der Waals surface area contributed by atoms with Crippen LogP contribution in [0.2, 0.25) is 0 Å². The van der Waals surface area contributed by atoms with Crippen molar-refractivity contribution in [2.24, 2.45) is 0 Å². The van der Waals surface area contributed by atoms with Crippen LogP contribution in [0.3, 0.4) is 0 Å². The smallest absolute Gasteiger partial charge is 0.245 e. The maximum atomic E-state index is 12.9. The number of nitrogens with zero attached hydrogens (tertiary/aromatic N) is 1. The van der Waals surface area contributed by atoms with E-state index in [4.69, 9.17) is 0 Å². The number of alkyl halides is 4. The topological polar surface area (TPSA) is 47.0 Å². The van der Waals surface area contributed by atoms with Crippen molar-refractivity contribution in [3.63, 3.8) is 0 Å². The Labute approximate surface area is 88.8 Å². The molecule has 1 aromatic rings. The molecule has 0 spiro atoms. The lowest BCUT2D eigenvalue weighted by molar-refractivity contribution is 0.0420. The number of sulfone groups is 1. The minimum atomic E-state index is -5.19.